The zero-order valence-electron chi connectivity index (χ0n) is 8.27. The molecule has 0 aromatic carbocycles. The van der Waals surface area contributed by atoms with Crippen LogP contribution in [0, 0.1) is 17.8 Å². The molecule has 0 aromatic heterocycles. The standard InChI is InChI=1S/C11H22/c1-4-6-9(3)11-7-10(5-2)8-11/h9-11H,4-8H2,1-3H3. The first-order chi connectivity index (χ1) is 5.27. The van der Waals surface area contributed by atoms with E-state index in [2.05, 4.69) is 20.8 Å². The highest BCUT2D eigenvalue weighted by molar-refractivity contribution is 4.81. The van der Waals surface area contributed by atoms with Gasteiger partial charge in [-0.3, -0.25) is 0 Å². The van der Waals surface area contributed by atoms with Crippen molar-refractivity contribution < 1.29 is 0 Å². The molecule has 0 aliphatic heterocycles. The van der Waals surface area contributed by atoms with Gasteiger partial charge < -0.3 is 0 Å². The SMILES string of the molecule is CCCC(C)C1CC(CC)C1. The molecule has 1 rings (SSSR count). The van der Waals surface area contributed by atoms with Crippen LogP contribution in [0.4, 0.5) is 0 Å². The average molecular weight is 154 g/mol. The highest BCUT2D eigenvalue weighted by atomic mass is 14.4. The summed E-state index contributed by atoms with van der Waals surface area (Å²) in [7, 11) is 0. The lowest BCUT2D eigenvalue weighted by atomic mass is 9.67. The Morgan fingerprint density at radius 1 is 1.27 bits per heavy atom. The molecule has 0 nitrogen and oxygen atoms in total. The monoisotopic (exact) mass is 154 g/mol. The smallest absolute Gasteiger partial charge is 0.0383 e. The summed E-state index contributed by atoms with van der Waals surface area (Å²) >= 11 is 0. The lowest BCUT2D eigenvalue weighted by Crippen LogP contribution is -2.28. The topological polar surface area (TPSA) is 0 Å². The molecule has 1 aliphatic carbocycles. The van der Waals surface area contributed by atoms with Gasteiger partial charge in [0.25, 0.3) is 0 Å². The van der Waals surface area contributed by atoms with Crippen molar-refractivity contribution in [2.75, 3.05) is 0 Å². The van der Waals surface area contributed by atoms with Crippen molar-refractivity contribution in [3.8, 4) is 0 Å². The molecule has 0 N–H and O–H groups in total. The van der Waals surface area contributed by atoms with Crippen LogP contribution in [-0.2, 0) is 0 Å². The van der Waals surface area contributed by atoms with Crippen molar-refractivity contribution in [1.82, 2.24) is 0 Å². The Morgan fingerprint density at radius 3 is 2.36 bits per heavy atom. The molecule has 0 bridgehead atoms. The lowest BCUT2D eigenvalue weighted by Gasteiger charge is -2.38. The Bertz CT molecular complexity index is 101. The van der Waals surface area contributed by atoms with E-state index in [1.54, 1.807) is 0 Å². The van der Waals surface area contributed by atoms with E-state index in [4.69, 9.17) is 0 Å². The molecule has 0 radical (unpaired) electrons. The van der Waals surface area contributed by atoms with Gasteiger partial charge in [-0.1, -0.05) is 40.0 Å². The molecule has 66 valence electrons. The zero-order chi connectivity index (χ0) is 8.27. The van der Waals surface area contributed by atoms with Gasteiger partial charge in [0.2, 0.25) is 0 Å². The fourth-order valence-electron chi connectivity index (χ4n) is 2.28. The maximum atomic E-state index is 2.43. The van der Waals surface area contributed by atoms with Gasteiger partial charge in [-0.05, 0) is 30.6 Å². The summed E-state index contributed by atoms with van der Waals surface area (Å²) in [5, 5.41) is 0. The summed E-state index contributed by atoms with van der Waals surface area (Å²) in [6.45, 7) is 7.05. The number of hydrogen-bond acceptors (Lipinski definition) is 0. The quantitative estimate of drug-likeness (QED) is 0.577. The molecule has 1 aliphatic rings. The van der Waals surface area contributed by atoms with Crippen LogP contribution in [0.2, 0.25) is 0 Å². The Hall–Kier alpha value is 0. The van der Waals surface area contributed by atoms with E-state index in [9.17, 15) is 0 Å². The number of rotatable bonds is 4. The van der Waals surface area contributed by atoms with Crippen LogP contribution in [0.15, 0.2) is 0 Å². The number of hydrogen-bond donors (Lipinski definition) is 0. The van der Waals surface area contributed by atoms with Gasteiger partial charge in [-0.25, -0.2) is 0 Å². The van der Waals surface area contributed by atoms with Crippen LogP contribution in [-0.4, -0.2) is 0 Å². The highest BCUT2D eigenvalue weighted by Crippen LogP contribution is 2.41. The van der Waals surface area contributed by atoms with Gasteiger partial charge in [0.05, 0.1) is 0 Å². The summed E-state index contributed by atoms with van der Waals surface area (Å²) in [4.78, 5) is 0. The Kier molecular flexibility index (Phi) is 3.42. The third kappa shape index (κ3) is 2.21. The second-order valence-electron chi connectivity index (χ2n) is 4.27. The molecular formula is C11H22. The van der Waals surface area contributed by atoms with Crippen LogP contribution in [0.1, 0.15) is 52.9 Å². The molecule has 0 heterocycles. The molecule has 0 spiro atoms. The first-order valence-corrected chi connectivity index (χ1v) is 5.27. The fraction of sp³-hybridized carbons (Fsp3) is 1.00. The van der Waals surface area contributed by atoms with Crippen molar-refractivity contribution in [2.45, 2.75) is 52.9 Å². The van der Waals surface area contributed by atoms with Crippen LogP contribution in [0.25, 0.3) is 0 Å². The van der Waals surface area contributed by atoms with Crippen LogP contribution in [0.3, 0.4) is 0 Å². The lowest BCUT2D eigenvalue weighted by molar-refractivity contribution is 0.123. The fourth-order valence-corrected chi connectivity index (χ4v) is 2.28. The molecular weight excluding hydrogens is 132 g/mol. The zero-order valence-corrected chi connectivity index (χ0v) is 8.27. The van der Waals surface area contributed by atoms with E-state index in [-0.39, 0.29) is 0 Å². The van der Waals surface area contributed by atoms with E-state index in [0.29, 0.717) is 0 Å². The van der Waals surface area contributed by atoms with Gasteiger partial charge in [0.15, 0.2) is 0 Å². The third-order valence-corrected chi connectivity index (χ3v) is 3.40. The first kappa shape index (κ1) is 9.09. The van der Waals surface area contributed by atoms with Crippen molar-refractivity contribution in [3.63, 3.8) is 0 Å². The van der Waals surface area contributed by atoms with Gasteiger partial charge in [-0.2, -0.15) is 0 Å². The minimum absolute atomic E-state index is 1.00. The molecule has 0 aromatic rings. The minimum atomic E-state index is 1.00. The van der Waals surface area contributed by atoms with Crippen molar-refractivity contribution >= 4 is 0 Å². The summed E-state index contributed by atoms with van der Waals surface area (Å²) in [5.41, 5.74) is 0. The summed E-state index contributed by atoms with van der Waals surface area (Å²) in [6.07, 6.45) is 7.28. The normalized spacial score (nSPS) is 33.0. The second-order valence-corrected chi connectivity index (χ2v) is 4.27. The summed E-state index contributed by atoms with van der Waals surface area (Å²) in [6, 6.07) is 0. The molecule has 11 heavy (non-hydrogen) atoms. The van der Waals surface area contributed by atoms with Crippen LogP contribution >= 0.6 is 0 Å². The largest absolute Gasteiger partial charge is 0.0654 e. The predicted molar refractivity (Wildman–Crippen MR) is 50.6 cm³/mol. The molecule has 1 saturated carbocycles. The van der Waals surface area contributed by atoms with Crippen molar-refractivity contribution in [1.29, 1.82) is 0 Å². The summed E-state index contributed by atoms with van der Waals surface area (Å²) < 4.78 is 0. The Morgan fingerprint density at radius 2 is 1.91 bits per heavy atom. The molecule has 1 fully saturated rings. The van der Waals surface area contributed by atoms with Gasteiger partial charge in [-0.15, -0.1) is 0 Å². The van der Waals surface area contributed by atoms with E-state index < -0.39 is 0 Å². The first-order valence-electron chi connectivity index (χ1n) is 5.27. The highest BCUT2D eigenvalue weighted by Gasteiger charge is 2.30. The van der Waals surface area contributed by atoms with Crippen LogP contribution < -0.4 is 0 Å². The second kappa shape index (κ2) is 4.13. The third-order valence-electron chi connectivity index (χ3n) is 3.40. The molecule has 0 saturated heterocycles. The van der Waals surface area contributed by atoms with Gasteiger partial charge in [0, 0.05) is 0 Å². The van der Waals surface area contributed by atoms with E-state index in [1.807, 2.05) is 0 Å². The molecule has 0 heteroatoms. The molecule has 0 amide bonds. The maximum Gasteiger partial charge on any atom is -0.0383 e. The molecule has 1 atom stereocenters. The maximum absolute atomic E-state index is 2.43. The summed E-state index contributed by atoms with van der Waals surface area (Å²) in [5.74, 6) is 3.17. The predicted octanol–water partition coefficient (Wildman–Crippen LogP) is 3.86. The average Bonchev–Trinajstić information content (AvgIpc) is 1.86. The minimum Gasteiger partial charge on any atom is -0.0654 e. The van der Waals surface area contributed by atoms with Crippen molar-refractivity contribution in [2.24, 2.45) is 17.8 Å². The molecule has 1 unspecified atom stereocenters. The van der Waals surface area contributed by atoms with E-state index >= 15 is 0 Å². The van der Waals surface area contributed by atoms with E-state index in [0.717, 1.165) is 17.8 Å². The van der Waals surface area contributed by atoms with Gasteiger partial charge >= 0.3 is 0 Å². The van der Waals surface area contributed by atoms with E-state index in [1.165, 1.54) is 32.1 Å². The Balaban J connectivity index is 2.10. The van der Waals surface area contributed by atoms with Crippen LogP contribution in [0.5, 0.6) is 0 Å². The Labute approximate surface area is 71.4 Å². The van der Waals surface area contributed by atoms with Gasteiger partial charge in [0.1, 0.15) is 0 Å². The van der Waals surface area contributed by atoms with Crippen molar-refractivity contribution in [3.05, 3.63) is 0 Å².